The van der Waals surface area contributed by atoms with E-state index in [0.29, 0.717) is 0 Å². The number of hydrogen-bond donors (Lipinski definition) is 0. The van der Waals surface area contributed by atoms with Crippen molar-refractivity contribution < 1.29 is 9.72 Å². The summed E-state index contributed by atoms with van der Waals surface area (Å²) in [5, 5.41) is 12.8. The Morgan fingerprint density at radius 2 is 1.89 bits per heavy atom. The number of rotatable bonds is 5. The number of nitro groups is 1. The summed E-state index contributed by atoms with van der Waals surface area (Å²) in [5.41, 5.74) is 0.870. The van der Waals surface area contributed by atoms with Gasteiger partial charge in [-0.2, -0.15) is 0 Å². The second-order valence-electron chi connectivity index (χ2n) is 4.69. The Bertz CT molecular complexity index is 604. The van der Waals surface area contributed by atoms with E-state index in [2.05, 4.69) is 0 Å². The standard InChI is InChI=1S/C15H15NO3/c1-11(10-17)15(9-16(18)19)14-8-4-6-12-5-2-3-7-13(12)14/h2-8,10-11,15H,9H2,1H3/t11-,15-/m0/s1. The molecule has 2 atom stereocenters. The van der Waals surface area contributed by atoms with E-state index in [9.17, 15) is 14.9 Å². The van der Waals surface area contributed by atoms with Gasteiger partial charge in [-0.3, -0.25) is 10.1 Å². The van der Waals surface area contributed by atoms with Crippen molar-refractivity contribution in [2.75, 3.05) is 6.54 Å². The second kappa shape index (κ2) is 5.61. The zero-order valence-electron chi connectivity index (χ0n) is 10.7. The first-order valence-electron chi connectivity index (χ1n) is 6.18. The van der Waals surface area contributed by atoms with Crippen LogP contribution in [0.4, 0.5) is 0 Å². The van der Waals surface area contributed by atoms with E-state index in [1.54, 1.807) is 6.92 Å². The van der Waals surface area contributed by atoms with Crippen molar-refractivity contribution >= 4 is 17.1 Å². The number of benzene rings is 2. The lowest BCUT2D eigenvalue weighted by atomic mass is 9.85. The van der Waals surface area contributed by atoms with Gasteiger partial charge in [-0.1, -0.05) is 49.4 Å². The van der Waals surface area contributed by atoms with E-state index in [-0.39, 0.29) is 17.4 Å². The van der Waals surface area contributed by atoms with Gasteiger partial charge in [-0.15, -0.1) is 0 Å². The molecule has 0 heterocycles. The summed E-state index contributed by atoms with van der Waals surface area (Å²) in [4.78, 5) is 21.5. The molecule has 2 rings (SSSR count). The van der Waals surface area contributed by atoms with Gasteiger partial charge < -0.3 is 4.79 Å². The van der Waals surface area contributed by atoms with Gasteiger partial charge in [-0.25, -0.2) is 0 Å². The lowest BCUT2D eigenvalue weighted by molar-refractivity contribution is -0.484. The smallest absolute Gasteiger partial charge is 0.211 e. The number of aldehydes is 1. The van der Waals surface area contributed by atoms with Crippen LogP contribution in [-0.2, 0) is 4.79 Å². The zero-order chi connectivity index (χ0) is 13.8. The third-order valence-electron chi connectivity index (χ3n) is 3.42. The third kappa shape index (κ3) is 2.78. The highest BCUT2D eigenvalue weighted by atomic mass is 16.6. The van der Waals surface area contributed by atoms with E-state index in [1.807, 2.05) is 42.5 Å². The Balaban J connectivity index is 2.55. The van der Waals surface area contributed by atoms with Crippen LogP contribution in [0.15, 0.2) is 42.5 Å². The molecule has 0 radical (unpaired) electrons. The Labute approximate surface area is 111 Å². The van der Waals surface area contributed by atoms with E-state index in [4.69, 9.17) is 0 Å². The Hall–Kier alpha value is -2.23. The maximum absolute atomic E-state index is 11.0. The first-order chi connectivity index (χ1) is 9.13. The summed E-state index contributed by atoms with van der Waals surface area (Å²) in [6.45, 7) is 1.50. The van der Waals surface area contributed by atoms with Crippen molar-refractivity contribution in [1.82, 2.24) is 0 Å². The molecule has 0 unspecified atom stereocenters. The molecule has 19 heavy (non-hydrogen) atoms. The fraction of sp³-hybridized carbons (Fsp3) is 0.267. The van der Waals surface area contributed by atoms with E-state index >= 15 is 0 Å². The molecule has 0 fully saturated rings. The van der Waals surface area contributed by atoms with Crippen molar-refractivity contribution in [3.8, 4) is 0 Å². The van der Waals surface area contributed by atoms with Crippen LogP contribution in [0.2, 0.25) is 0 Å². The van der Waals surface area contributed by atoms with Crippen LogP contribution < -0.4 is 0 Å². The molecule has 0 aromatic heterocycles. The average molecular weight is 257 g/mol. The van der Waals surface area contributed by atoms with Crippen molar-refractivity contribution in [2.24, 2.45) is 5.92 Å². The Morgan fingerprint density at radius 3 is 2.58 bits per heavy atom. The molecule has 0 saturated heterocycles. The minimum absolute atomic E-state index is 0.228. The van der Waals surface area contributed by atoms with Gasteiger partial charge in [0.2, 0.25) is 6.54 Å². The molecule has 0 saturated carbocycles. The fourth-order valence-corrected chi connectivity index (χ4v) is 2.38. The molecule has 98 valence electrons. The zero-order valence-corrected chi connectivity index (χ0v) is 10.7. The van der Waals surface area contributed by atoms with Gasteiger partial charge in [-0.05, 0) is 16.3 Å². The van der Waals surface area contributed by atoms with Gasteiger partial charge in [0.15, 0.2) is 0 Å². The summed E-state index contributed by atoms with van der Waals surface area (Å²) >= 11 is 0. The Morgan fingerprint density at radius 1 is 1.21 bits per heavy atom. The topological polar surface area (TPSA) is 60.2 Å². The van der Waals surface area contributed by atoms with E-state index in [1.165, 1.54) is 0 Å². The average Bonchev–Trinajstić information content (AvgIpc) is 2.43. The maximum atomic E-state index is 11.0. The number of hydrogen-bond acceptors (Lipinski definition) is 3. The van der Waals surface area contributed by atoms with Crippen LogP contribution >= 0.6 is 0 Å². The number of nitrogens with zero attached hydrogens (tertiary/aromatic N) is 1. The van der Waals surface area contributed by atoms with Crippen LogP contribution in [0.3, 0.4) is 0 Å². The van der Waals surface area contributed by atoms with Crippen molar-refractivity contribution in [3.63, 3.8) is 0 Å². The molecule has 0 aliphatic carbocycles. The predicted molar refractivity (Wildman–Crippen MR) is 73.8 cm³/mol. The summed E-state index contributed by atoms with van der Waals surface area (Å²) in [6.07, 6.45) is 0.788. The van der Waals surface area contributed by atoms with Crippen molar-refractivity contribution in [1.29, 1.82) is 0 Å². The molecule has 0 amide bonds. The van der Waals surface area contributed by atoms with Gasteiger partial charge in [0.05, 0.1) is 5.92 Å². The summed E-state index contributed by atoms with van der Waals surface area (Å²) in [7, 11) is 0. The SMILES string of the molecule is C[C@@H](C=O)[C@H](C[N+](=O)[O-])c1cccc2ccccc12. The molecule has 0 aliphatic heterocycles. The van der Waals surface area contributed by atoms with Crippen LogP contribution in [0.1, 0.15) is 18.4 Å². The minimum atomic E-state index is -0.390. The molecular formula is C15H15NO3. The predicted octanol–water partition coefficient (Wildman–Crippen LogP) is 3.04. The lowest BCUT2D eigenvalue weighted by Gasteiger charge is -2.18. The van der Waals surface area contributed by atoms with Crippen LogP contribution in [0.5, 0.6) is 0 Å². The third-order valence-corrected chi connectivity index (χ3v) is 3.42. The molecule has 4 heteroatoms. The molecule has 0 N–H and O–H groups in total. The Kier molecular flexibility index (Phi) is 3.90. The van der Waals surface area contributed by atoms with Gasteiger partial charge in [0.1, 0.15) is 6.29 Å². The molecule has 0 bridgehead atoms. The van der Waals surface area contributed by atoms with Crippen LogP contribution in [-0.4, -0.2) is 17.8 Å². The molecule has 2 aromatic rings. The van der Waals surface area contributed by atoms with Gasteiger partial charge in [0.25, 0.3) is 0 Å². The number of carbonyl (C=O) groups is 1. The molecule has 4 nitrogen and oxygen atoms in total. The lowest BCUT2D eigenvalue weighted by Crippen LogP contribution is -2.20. The van der Waals surface area contributed by atoms with E-state index in [0.717, 1.165) is 22.6 Å². The monoisotopic (exact) mass is 257 g/mol. The van der Waals surface area contributed by atoms with Gasteiger partial charge in [0, 0.05) is 10.8 Å². The second-order valence-corrected chi connectivity index (χ2v) is 4.69. The van der Waals surface area contributed by atoms with Gasteiger partial charge >= 0.3 is 0 Å². The molecule has 0 spiro atoms. The highest BCUT2D eigenvalue weighted by molar-refractivity contribution is 5.86. The van der Waals surface area contributed by atoms with Crippen molar-refractivity contribution in [3.05, 3.63) is 58.1 Å². The van der Waals surface area contributed by atoms with Crippen molar-refractivity contribution in [2.45, 2.75) is 12.8 Å². The largest absolute Gasteiger partial charge is 0.303 e. The number of carbonyl (C=O) groups excluding carboxylic acids is 1. The highest BCUT2D eigenvalue weighted by Crippen LogP contribution is 2.30. The molecule has 0 aliphatic rings. The summed E-state index contributed by atoms with van der Waals surface area (Å²) in [6, 6.07) is 13.5. The maximum Gasteiger partial charge on any atom is 0.211 e. The first-order valence-corrected chi connectivity index (χ1v) is 6.18. The number of fused-ring (bicyclic) bond motifs is 1. The normalized spacial score (nSPS) is 13.9. The first kappa shape index (κ1) is 13.2. The summed E-state index contributed by atoms with van der Waals surface area (Å²) < 4.78 is 0. The minimum Gasteiger partial charge on any atom is -0.303 e. The highest BCUT2D eigenvalue weighted by Gasteiger charge is 2.25. The van der Waals surface area contributed by atoms with Crippen LogP contribution in [0.25, 0.3) is 10.8 Å². The quantitative estimate of drug-likeness (QED) is 0.470. The fourth-order valence-electron chi connectivity index (χ4n) is 2.38. The molecule has 2 aromatic carbocycles. The van der Waals surface area contributed by atoms with Crippen LogP contribution in [0, 0.1) is 16.0 Å². The molecular weight excluding hydrogens is 242 g/mol. The van der Waals surface area contributed by atoms with E-state index < -0.39 is 5.92 Å². The summed E-state index contributed by atoms with van der Waals surface area (Å²) in [5.74, 6) is -0.769.